The van der Waals surface area contributed by atoms with E-state index in [1.54, 1.807) is 0 Å². The number of aliphatic imine (C=N–C) groups is 1. The number of nitrogens with zero attached hydrogens (tertiary/aromatic N) is 1. The molecule has 2 aromatic carbocycles. The molecule has 1 atom stereocenters. The quantitative estimate of drug-likeness (QED) is 0.712. The summed E-state index contributed by atoms with van der Waals surface area (Å²) in [4.78, 5) is 10.1. The van der Waals surface area contributed by atoms with Crippen molar-refractivity contribution in [1.82, 2.24) is 5.48 Å². The first kappa shape index (κ1) is 16.6. The lowest BCUT2D eigenvalue weighted by atomic mass is 10.0. The Morgan fingerprint density at radius 2 is 1.88 bits per heavy atom. The zero-order valence-corrected chi connectivity index (χ0v) is 14.0. The standard InChI is InChI=1S/C19H18N2O2.ClH/c1-2-6-14(7-3-1)12-23-21-18-10-16(11-20-18)19-17-9-5-4-8-15(17)13-22-19;/h1-9,13,16H,10-12H2,(H,20,21);1H. The number of hydrogen-bond donors (Lipinski definition) is 1. The van der Waals surface area contributed by atoms with Crippen LogP contribution in [0.2, 0.25) is 0 Å². The van der Waals surface area contributed by atoms with Gasteiger partial charge in [-0.3, -0.25) is 15.3 Å². The molecule has 1 aromatic heterocycles. The third-order valence-corrected chi connectivity index (χ3v) is 4.12. The molecule has 0 saturated heterocycles. The summed E-state index contributed by atoms with van der Waals surface area (Å²) < 4.78 is 5.78. The summed E-state index contributed by atoms with van der Waals surface area (Å²) in [5.74, 6) is 2.17. The van der Waals surface area contributed by atoms with E-state index in [1.807, 2.05) is 48.7 Å². The molecule has 1 aliphatic heterocycles. The van der Waals surface area contributed by atoms with E-state index in [0.717, 1.165) is 35.5 Å². The number of hydroxylamine groups is 1. The minimum atomic E-state index is 0. The van der Waals surface area contributed by atoms with Crippen molar-refractivity contribution in [2.24, 2.45) is 4.99 Å². The molecule has 1 N–H and O–H groups in total. The Balaban J connectivity index is 0.00000169. The predicted molar refractivity (Wildman–Crippen MR) is 97.5 cm³/mol. The molecule has 0 radical (unpaired) electrons. The highest BCUT2D eigenvalue weighted by atomic mass is 35.5. The van der Waals surface area contributed by atoms with Gasteiger partial charge in [-0.2, -0.15) is 0 Å². The van der Waals surface area contributed by atoms with Crippen molar-refractivity contribution in [3.8, 4) is 0 Å². The third-order valence-electron chi connectivity index (χ3n) is 4.12. The second-order valence-electron chi connectivity index (χ2n) is 5.75. The molecular weight excluding hydrogens is 324 g/mol. The van der Waals surface area contributed by atoms with Crippen LogP contribution in [0.3, 0.4) is 0 Å². The second-order valence-corrected chi connectivity index (χ2v) is 5.75. The molecule has 24 heavy (non-hydrogen) atoms. The highest BCUT2D eigenvalue weighted by Crippen LogP contribution is 2.32. The third kappa shape index (κ3) is 3.45. The van der Waals surface area contributed by atoms with Gasteiger partial charge in [0, 0.05) is 23.1 Å². The van der Waals surface area contributed by atoms with Gasteiger partial charge in [-0.1, -0.05) is 54.6 Å². The summed E-state index contributed by atoms with van der Waals surface area (Å²) in [5.41, 5.74) is 4.11. The Labute approximate surface area is 146 Å². The molecule has 0 fully saturated rings. The molecule has 4 nitrogen and oxygen atoms in total. The van der Waals surface area contributed by atoms with Crippen LogP contribution in [0, 0.1) is 0 Å². The highest BCUT2D eigenvalue weighted by Gasteiger charge is 2.25. The SMILES string of the molecule is Cl.c1ccc(CONC2=NCC(c3occ4ccccc34)C2)cc1. The fourth-order valence-corrected chi connectivity index (χ4v) is 2.94. The zero-order chi connectivity index (χ0) is 15.5. The van der Waals surface area contributed by atoms with Crippen molar-refractivity contribution in [2.75, 3.05) is 6.54 Å². The summed E-state index contributed by atoms with van der Waals surface area (Å²) >= 11 is 0. The Kier molecular flexibility index (Phi) is 5.18. The van der Waals surface area contributed by atoms with Gasteiger partial charge in [0.25, 0.3) is 0 Å². The Morgan fingerprint density at radius 1 is 1.08 bits per heavy atom. The lowest BCUT2D eigenvalue weighted by Gasteiger charge is -2.08. The maximum Gasteiger partial charge on any atom is 0.121 e. The minimum absolute atomic E-state index is 0. The van der Waals surface area contributed by atoms with Gasteiger partial charge < -0.3 is 4.42 Å². The molecule has 3 aromatic rings. The number of furan rings is 1. The summed E-state index contributed by atoms with van der Waals surface area (Å²) in [6.07, 6.45) is 2.63. The molecular formula is C19H19ClN2O2. The normalized spacial score (nSPS) is 16.7. The number of amidine groups is 1. The van der Waals surface area contributed by atoms with Gasteiger partial charge in [-0.05, 0) is 5.56 Å². The van der Waals surface area contributed by atoms with E-state index in [2.05, 4.69) is 22.6 Å². The van der Waals surface area contributed by atoms with Crippen molar-refractivity contribution in [3.05, 3.63) is 72.2 Å². The lowest BCUT2D eigenvalue weighted by Crippen LogP contribution is -2.22. The van der Waals surface area contributed by atoms with E-state index in [1.165, 1.54) is 5.39 Å². The molecule has 124 valence electrons. The van der Waals surface area contributed by atoms with Crippen molar-refractivity contribution >= 4 is 29.0 Å². The summed E-state index contributed by atoms with van der Waals surface area (Å²) in [6.45, 7) is 1.25. The molecule has 4 rings (SSSR count). The van der Waals surface area contributed by atoms with Crippen LogP contribution in [-0.2, 0) is 11.4 Å². The number of hydrogen-bond acceptors (Lipinski definition) is 4. The average Bonchev–Trinajstić information content (AvgIpc) is 3.22. The van der Waals surface area contributed by atoms with Gasteiger partial charge in [0.2, 0.25) is 0 Å². The maximum atomic E-state index is 5.78. The zero-order valence-electron chi connectivity index (χ0n) is 13.1. The van der Waals surface area contributed by atoms with Crippen molar-refractivity contribution in [3.63, 3.8) is 0 Å². The molecule has 0 bridgehead atoms. The van der Waals surface area contributed by atoms with Gasteiger partial charge in [0.05, 0.1) is 19.4 Å². The van der Waals surface area contributed by atoms with Gasteiger partial charge >= 0.3 is 0 Å². The van der Waals surface area contributed by atoms with E-state index >= 15 is 0 Å². The van der Waals surface area contributed by atoms with Crippen LogP contribution in [-0.4, -0.2) is 12.4 Å². The average molecular weight is 343 g/mol. The maximum absolute atomic E-state index is 5.78. The topological polar surface area (TPSA) is 46.8 Å². The molecule has 0 amide bonds. The van der Waals surface area contributed by atoms with E-state index in [0.29, 0.717) is 6.61 Å². The van der Waals surface area contributed by atoms with E-state index < -0.39 is 0 Å². The van der Waals surface area contributed by atoms with Crippen LogP contribution in [0.15, 0.2) is 70.3 Å². The monoisotopic (exact) mass is 342 g/mol. The van der Waals surface area contributed by atoms with Crippen molar-refractivity contribution < 1.29 is 9.25 Å². The second kappa shape index (κ2) is 7.51. The fraction of sp³-hybridized carbons (Fsp3) is 0.211. The first-order valence-corrected chi connectivity index (χ1v) is 7.81. The first-order valence-electron chi connectivity index (χ1n) is 7.81. The largest absolute Gasteiger partial charge is 0.468 e. The number of rotatable bonds is 4. The van der Waals surface area contributed by atoms with Crippen molar-refractivity contribution in [2.45, 2.75) is 18.9 Å². The van der Waals surface area contributed by atoms with Crippen LogP contribution >= 0.6 is 12.4 Å². The predicted octanol–water partition coefficient (Wildman–Crippen LogP) is 4.46. The van der Waals surface area contributed by atoms with Gasteiger partial charge in [-0.15, -0.1) is 12.4 Å². The molecule has 0 aliphatic carbocycles. The Morgan fingerprint density at radius 3 is 2.75 bits per heavy atom. The molecule has 0 spiro atoms. The number of fused-ring (bicyclic) bond motifs is 1. The smallest absolute Gasteiger partial charge is 0.121 e. The lowest BCUT2D eigenvalue weighted by molar-refractivity contribution is 0.0701. The fourth-order valence-electron chi connectivity index (χ4n) is 2.94. The molecule has 1 aliphatic rings. The van der Waals surface area contributed by atoms with E-state index in [9.17, 15) is 0 Å². The summed E-state index contributed by atoms with van der Waals surface area (Å²) in [6, 6.07) is 18.3. The van der Waals surface area contributed by atoms with Crippen LogP contribution in [0.25, 0.3) is 10.8 Å². The molecule has 2 heterocycles. The number of benzene rings is 2. The van der Waals surface area contributed by atoms with Crippen molar-refractivity contribution in [1.29, 1.82) is 0 Å². The van der Waals surface area contributed by atoms with Gasteiger partial charge in [0.1, 0.15) is 11.6 Å². The van der Waals surface area contributed by atoms with Gasteiger partial charge in [0.15, 0.2) is 0 Å². The molecule has 1 unspecified atom stereocenters. The Hall–Kier alpha value is -2.30. The summed E-state index contributed by atoms with van der Waals surface area (Å²) in [7, 11) is 0. The molecule has 5 heteroatoms. The van der Waals surface area contributed by atoms with Crippen LogP contribution in [0.4, 0.5) is 0 Å². The van der Waals surface area contributed by atoms with Gasteiger partial charge in [-0.25, -0.2) is 0 Å². The van der Waals surface area contributed by atoms with E-state index in [4.69, 9.17) is 9.25 Å². The highest BCUT2D eigenvalue weighted by molar-refractivity contribution is 5.88. The van der Waals surface area contributed by atoms with E-state index in [-0.39, 0.29) is 18.3 Å². The summed E-state index contributed by atoms with van der Waals surface area (Å²) in [5, 5.41) is 2.32. The Bertz CT molecular complexity index is 830. The minimum Gasteiger partial charge on any atom is -0.468 e. The van der Waals surface area contributed by atoms with Crippen LogP contribution in [0.5, 0.6) is 0 Å². The number of nitrogens with one attached hydrogen (secondary N) is 1. The van der Waals surface area contributed by atoms with Crippen LogP contribution in [0.1, 0.15) is 23.7 Å². The number of halogens is 1. The molecule has 0 saturated carbocycles. The van der Waals surface area contributed by atoms with Crippen LogP contribution < -0.4 is 5.48 Å². The first-order chi connectivity index (χ1) is 11.4.